The second-order valence-electron chi connectivity index (χ2n) is 2.54. The molecule has 0 aliphatic heterocycles. The van der Waals surface area contributed by atoms with Gasteiger partial charge in [0, 0.05) is 15.5 Å². The van der Waals surface area contributed by atoms with Gasteiger partial charge in [-0.2, -0.15) is 0 Å². The summed E-state index contributed by atoms with van der Waals surface area (Å²) < 4.78 is 0.0308. The van der Waals surface area contributed by atoms with Crippen LogP contribution in [-0.4, -0.2) is 15.2 Å². The molecule has 54 valence electrons. The number of hydrogen-bond acceptors (Lipinski definition) is 3. The fraction of sp³-hybridized carbons (Fsp3) is 0.800. The van der Waals surface area contributed by atoms with Gasteiger partial charge in [0.1, 0.15) is 0 Å². The highest BCUT2D eigenvalue weighted by Crippen LogP contribution is 2.34. The zero-order valence-electron chi connectivity index (χ0n) is 5.67. The summed E-state index contributed by atoms with van der Waals surface area (Å²) in [6.45, 7) is 5.94. The van der Waals surface area contributed by atoms with Crippen LogP contribution in [0.1, 0.15) is 20.8 Å². The van der Waals surface area contributed by atoms with Crippen molar-refractivity contribution in [3.05, 3.63) is 0 Å². The van der Waals surface area contributed by atoms with E-state index in [-0.39, 0.29) is 4.75 Å². The molecular formula is C5H10O2S2. The molecular weight excluding hydrogens is 156 g/mol. The molecule has 0 aromatic carbocycles. The molecule has 0 bridgehead atoms. The van der Waals surface area contributed by atoms with E-state index in [4.69, 9.17) is 5.11 Å². The normalized spacial score (nSPS) is 11.4. The van der Waals surface area contributed by atoms with Crippen LogP contribution in [0.3, 0.4) is 0 Å². The molecule has 0 aromatic heterocycles. The Morgan fingerprint density at radius 3 is 2.00 bits per heavy atom. The van der Waals surface area contributed by atoms with Gasteiger partial charge in [0.2, 0.25) is 0 Å². The van der Waals surface area contributed by atoms with E-state index in [0.717, 1.165) is 10.8 Å². The standard InChI is InChI=1S/C5H10O2S2/c1-5(2,3)9-8-4(6)7/h1-3H3,(H,6,7). The molecule has 0 saturated carbocycles. The summed E-state index contributed by atoms with van der Waals surface area (Å²) in [6, 6.07) is 0. The van der Waals surface area contributed by atoms with Crippen LogP contribution in [0.15, 0.2) is 0 Å². The largest absolute Gasteiger partial charge is 0.473 e. The molecule has 0 unspecified atom stereocenters. The fourth-order valence-electron chi connectivity index (χ4n) is 0.161. The third-order valence-corrected chi connectivity index (χ3v) is 3.27. The van der Waals surface area contributed by atoms with Gasteiger partial charge in [0.05, 0.1) is 0 Å². The van der Waals surface area contributed by atoms with Crippen LogP contribution >= 0.6 is 21.6 Å². The summed E-state index contributed by atoms with van der Waals surface area (Å²) in [6.07, 6.45) is 0. The Bertz CT molecular complexity index is 106. The molecule has 4 heteroatoms. The van der Waals surface area contributed by atoms with Crippen molar-refractivity contribution < 1.29 is 9.90 Å². The number of carbonyl (C=O) groups is 1. The van der Waals surface area contributed by atoms with Gasteiger partial charge in [-0.05, 0) is 0 Å². The highest BCUT2D eigenvalue weighted by Gasteiger charge is 2.13. The lowest BCUT2D eigenvalue weighted by molar-refractivity contribution is 0.222. The number of carboxylic acid groups (broad SMARTS) is 1. The maximum atomic E-state index is 9.99. The van der Waals surface area contributed by atoms with E-state index in [0.29, 0.717) is 0 Å². The molecule has 0 spiro atoms. The summed E-state index contributed by atoms with van der Waals surface area (Å²) in [5, 5.41) is 7.39. The van der Waals surface area contributed by atoms with Gasteiger partial charge >= 0.3 is 5.30 Å². The molecule has 0 radical (unpaired) electrons. The van der Waals surface area contributed by atoms with Gasteiger partial charge in [-0.15, -0.1) is 0 Å². The molecule has 0 atom stereocenters. The summed E-state index contributed by atoms with van der Waals surface area (Å²) in [4.78, 5) is 9.99. The lowest BCUT2D eigenvalue weighted by Crippen LogP contribution is -2.05. The van der Waals surface area contributed by atoms with E-state index in [2.05, 4.69) is 0 Å². The van der Waals surface area contributed by atoms with Gasteiger partial charge in [-0.1, -0.05) is 31.6 Å². The van der Waals surface area contributed by atoms with E-state index < -0.39 is 5.30 Å². The highest BCUT2D eigenvalue weighted by molar-refractivity contribution is 8.82. The van der Waals surface area contributed by atoms with E-state index in [9.17, 15) is 4.79 Å². The van der Waals surface area contributed by atoms with Crippen molar-refractivity contribution in [3.63, 3.8) is 0 Å². The predicted molar refractivity (Wildman–Crippen MR) is 43.0 cm³/mol. The molecule has 0 saturated heterocycles. The van der Waals surface area contributed by atoms with Crippen LogP contribution in [0.5, 0.6) is 0 Å². The first kappa shape index (κ1) is 9.17. The molecule has 0 aliphatic rings. The van der Waals surface area contributed by atoms with E-state index in [1.165, 1.54) is 10.8 Å². The molecule has 2 nitrogen and oxygen atoms in total. The summed E-state index contributed by atoms with van der Waals surface area (Å²) in [7, 11) is 2.23. The Balaban J connectivity index is 3.39. The number of rotatable bonds is 1. The van der Waals surface area contributed by atoms with E-state index in [1.807, 2.05) is 20.8 Å². The van der Waals surface area contributed by atoms with Crippen molar-refractivity contribution in [2.45, 2.75) is 25.5 Å². The first-order chi connectivity index (χ1) is 3.92. The summed E-state index contributed by atoms with van der Waals surface area (Å²) >= 11 is 0. The SMILES string of the molecule is CC(C)(C)SSC(=O)O. The maximum absolute atomic E-state index is 9.99. The molecule has 0 rings (SSSR count). The lowest BCUT2D eigenvalue weighted by Gasteiger charge is -2.13. The third-order valence-electron chi connectivity index (χ3n) is 0.363. The van der Waals surface area contributed by atoms with Gasteiger partial charge < -0.3 is 5.11 Å². The predicted octanol–water partition coefficient (Wildman–Crippen LogP) is 2.84. The fourth-order valence-corrected chi connectivity index (χ4v) is 1.45. The minimum Gasteiger partial charge on any atom is -0.473 e. The van der Waals surface area contributed by atoms with Crippen molar-refractivity contribution >= 4 is 26.9 Å². The van der Waals surface area contributed by atoms with Crippen LogP contribution in [0.25, 0.3) is 0 Å². The van der Waals surface area contributed by atoms with Crippen LogP contribution in [0.2, 0.25) is 0 Å². The summed E-state index contributed by atoms with van der Waals surface area (Å²) in [5.74, 6) is 0. The Morgan fingerprint density at radius 2 is 1.89 bits per heavy atom. The van der Waals surface area contributed by atoms with Crippen molar-refractivity contribution in [2.24, 2.45) is 0 Å². The molecule has 1 N–H and O–H groups in total. The molecule has 9 heavy (non-hydrogen) atoms. The third kappa shape index (κ3) is 8.17. The smallest absolute Gasteiger partial charge is 0.375 e. The molecule has 0 heterocycles. The quantitative estimate of drug-likeness (QED) is 0.608. The molecule has 0 amide bonds. The lowest BCUT2D eigenvalue weighted by atomic mass is 10.3. The Hall–Kier alpha value is 0.170. The zero-order chi connectivity index (χ0) is 7.49. The maximum Gasteiger partial charge on any atom is 0.375 e. The van der Waals surface area contributed by atoms with Gasteiger partial charge in [0.25, 0.3) is 0 Å². The van der Waals surface area contributed by atoms with Crippen LogP contribution in [-0.2, 0) is 0 Å². The second-order valence-corrected chi connectivity index (χ2v) is 5.45. The van der Waals surface area contributed by atoms with Crippen LogP contribution < -0.4 is 0 Å². The van der Waals surface area contributed by atoms with Crippen LogP contribution in [0.4, 0.5) is 4.79 Å². The van der Waals surface area contributed by atoms with E-state index >= 15 is 0 Å². The number of hydrogen-bond donors (Lipinski definition) is 1. The monoisotopic (exact) mass is 166 g/mol. The van der Waals surface area contributed by atoms with E-state index in [1.54, 1.807) is 0 Å². The average Bonchev–Trinajstić information content (AvgIpc) is 1.59. The van der Waals surface area contributed by atoms with Crippen molar-refractivity contribution in [3.8, 4) is 0 Å². The minimum atomic E-state index is -0.824. The van der Waals surface area contributed by atoms with Crippen molar-refractivity contribution in [1.29, 1.82) is 0 Å². The summed E-state index contributed by atoms with van der Waals surface area (Å²) in [5.41, 5.74) is 0. The van der Waals surface area contributed by atoms with Gasteiger partial charge in [-0.3, -0.25) is 0 Å². The topological polar surface area (TPSA) is 37.3 Å². The van der Waals surface area contributed by atoms with Crippen molar-refractivity contribution in [1.82, 2.24) is 0 Å². The highest BCUT2D eigenvalue weighted by atomic mass is 33.1. The Labute approximate surface area is 62.8 Å². The first-order valence-corrected chi connectivity index (χ1v) is 4.65. The average molecular weight is 166 g/mol. The minimum absolute atomic E-state index is 0.0308. The van der Waals surface area contributed by atoms with Gasteiger partial charge in [-0.25, -0.2) is 4.79 Å². The molecule has 0 aliphatic carbocycles. The molecule has 0 aromatic rings. The first-order valence-electron chi connectivity index (χ1n) is 2.50. The van der Waals surface area contributed by atoms with Gasteiger partial charge in [0.15, 0.2) is 0 Å². The van der Waals surface area contributed by atoms with Crippen LogP contribution in [0, 0.1) is 0 Å². The Morgan fingerprint density at radius 1 is 1.44 bits per heavy atom. The van der Waals surface area contributed by atoms with Crippen molar-refractivity contribution in [2.75, 3.05) is 0 Å². The Kier molecular flexibility index (Phi) is 3.43. The second kappa shape index (κ2) is 3.37. The zero-order valence-corrected chi connectivity index (χ0v) is 7.30. The molecule has 0 fully saturated rings.